The largest absolute Gasteiger partial charge is 0.307 e. The number of nitrogens with zero attached hydrogens (tertiary/aromatic N) is 3. The minimum absolute atomic E-state index is 0.234. The Morgan fingerprint density at radius 3 is 2.57 bits per heavy atom. The molecule has 0 spiro atoms. The van der Waals surface area contributed by atoms with Gasteiger partial charge in [-0.25, -0.2) is 20.8 Å². The maximum atomic E-state index is 11.3. The van der Waals surface area contributed by atoms with Crippen molar-refractivity contribution in [3.63, 3.8) is 0 Å². The first kappa shape index (κ1) is 10.4. The summed E-state index contributed by atoms with van der Waals surface area (Å²) in [6.45, 7) is 0. The van der Waals surface area contributed by atoms with Crippen molar-refractivity contribution in [3.8, 4) is 0 Å². The fourth-order valence-electron chi connectivity index (χ4n) is 0.780. The van der Waals surface area contributed by atoms with E-state index in [0.29, 0.717) is 5.82 Å². The molecular formula is C7H12N6O. The molecule has 0 bridgehead atoms. The van der Waals surface area contributed by atoms with Crippen LogP contribution in [-0.2, 0) is 0 Å². The van der Waals surface area contributed by atoms with Gasteiger partial charge in [0.05, 0.1) is 12.4 Å². The summed E-state index contributed by atoms with van der Waals surface area (Å²) in [5.41, 5.74) is 5.09. The van der Waals surface area contributed by atoms with Crippen LogP contribution >= 0.6 is 0 Å². The number of aromatic nitrogens is 2. The van der Waals surface area contributed by atoms with Crippen molar-refractivity contribution >= 4 is 11.7 Å². The summed E-state index contributed by atoms with van der Waals surface area (Å²) in [7, 11) is 3.42. The molecule has 1 aromatic heterocycles. The van der Waals surface area contributed by atoms with E-state index < -0.39 is 0 Å². The van der Waals surface area contributed by atoms with E-state index in [-0.39, 0.29) is 11.6 Å². The quantitative estimate of drug-likeness (QED) is 0.422. The zero-order valence-electron chi connectivity index (χ0n) is 7.98. The normalized spacial score (nSPS) is 10.0. The third kappa shape index (κ3) is 2.64. The maximum absolute atomic E-state index is 11.3. The van der Waals surface area contributed by atoms with E-state index in [1.54, 1.807) is 14.1 Å². The van der Waals surface area contributed by atoms with Crippen LogP contribution in [-0.4, -0.2) is 35.0 Å². The van der Waals surface area contributed by atoms with Crippen LogP contribution < -0.4 is 16.7 Å². The molecule has 1 heterocycles. The molecule has 0 saturated heterocycles. The van der Waals surface area contributed by atoms with Gasteiger partial charge in [0.2, 0.25) is 0 Å². The molecule has 14 heavy (non-hydrogen) atoms. The topological polar surface area (TPSA) is 96.2 Å². The zero-order valence-corrected chi connectivity index (χ0v) is 7.98. The van der Waals surface area contributed by atoms with Crippen LogP contribution in [0.5, 0.6) is 0 Å². The minimum atomic E-state index is -0.314. The second-order valence-electron chi connectivity index (χ2n) is 2.77. The highest BCUT2D eigenvalue weighted by Gasteiger charge is 2.07. The summed E-state index contributed by atoms with van der Waals surface area (Å²) in [6, 6.07) is 0. The summed E-state index contributed by atoms with van der Waals surface area (Å²) in [4.78, 5) is 19.1. The highest BCUT2D eigenvalue weighted by atomic mass is 16.2. The van der Waals surface area contributed by atoms with Crippen molar-refractivity contribution < 1.29 is 4.79 Å². The van der Waals surface area contributed by atoms with Crippen LogP contribution in [0.1, 0.15) is 10.5 Å². The second-order valence-corrected chi connectivity index (χ2v) is 2.77. The summed E-state index contributed by atoms with van der Waals surface area (Å²) < 4.78 is 0. The van der Waals surface area contributed by atoms with Crippen LogP contribution in [0.25, 0.3) is 0 Å². The van der Waals surface area contributed by atoms with E-state index in [1.165, 1.54) is 17.4 Å². The average molecular weight is 196 g/mol. The third-order valence-corrected chi connectivity index (χ3v) is 1.36. The Kier molecular flexibility index (Phi) is 3.32. The molecule has 7 heteroatoms. The van der Waals surface area contributed by atoms with E-state index in [4.69, 9.17) is 5.84 Å². The second kappa shape index (κ2) is 4.49. The lowest BCUT2D eigenvalue weighted by Crippen LogP contribution is -2.36. The molecular weight excluding hydrogens is 184 g/mol. The van der Waals surface area contributed by atoms with Crippen molar-refractivity contribution in [1.29, 1.82) is 0 Å². The van der Waals surface area contributed by atoms with E-state index in [2.05, 4.69) is 20.8 Å². The third-order valence-electron chi connectivity index (χ3n) is 1.36. The average Bonchev–Trinajstić information content (AvgIpc) is 2.17. The number of carbonyl (C=O) groups excluding carboxylic acids is 1. The van der Waals surface area contributed by atoms with Crippen molar-refractivity contribution in [2.75, 3.05) is 19.5 Å². The summed E-state index contributed by atoms with van der Waals surface area (Å²) in [5.74, 6) is 5.19. The Hall–Kier alpha value is -1.73. The summed E-state index contributed by atoms with van der Waals surface area (Å²) >= 11 is 0. The first-order chi connectivity index (χ1) is 6.63. The van der Waals surface area contributed by atoms with E-state index in [1.807, 2.05) is 0 Å². The molecule has 0 atom stereocenters. The van der Waals surface area contributed by atoms with Gasteiger partial charge < -0.3 is 5.43 Å². The lowest BCUT2D eigenvalue weighted by Gasteiger charge is -2.10. The number of carbonyl (C=O) groups is 1. The monoisotopic (exact) mass is 196 g/mol. The van der Waals surface area contributed by atoms with Gasteiger partial charge >= 0.3 is 0 Å². The molecule has 7 nitrogen and oxygen atoms in total. The van der Waals surface area contributed by atoms with Gasteiger partial charge in [-0.2, -0.15) is 0 Å². The van der Waals surface area contributed by atoms with Crippen LogP contribution in [0.4, 0.5) is 5.82 Å². The molecule has 0 radical (unpaired) electrons. The molecule has 76 valence electrons. The van der Waals surface area contributed by atoms with E-state index in [0.717, 1.165) is 0 Å². The van der Waals surface area contributed by atoms with Crippen LogP contribution in [0.2, 0.25) is 0 Å². The first-order valence-corrected chi connectivity index (χ1v) is 3.90. The van der Waals surface area contributed by atoms with Crippen LogP contribution in [0, 0.1) is 0 Å². The fourth-order valence-corrected chi connectivity index (χ4v) is 0.780. The van der Waals surface area contributed by atoms with E-state index >= 15 is 0 Å². The highest BCUT2D eigenvalue weighted by Crippen LogP contribution is 1.98. The lowest BCUT2D eigenvalue weighted by molar-refractivity contribution is 0.0851. The molecule has 0 saturated carbocycles. The predicted octanol–water partition coefficient (Wildman–Crippen LogP) is -1.03. The summed E-state index contributed by atoms with van der Waals surface area (Å²) in [6.07, 6.45) is 2.72. The molecule has 4 N–H and O–H groups in total. The number of anilines is 1. The lowest BCUT2D eigenvalue weighted by atomic mass is 10.4. The van der Waals surface area contributed by atoms with Crippen molar-refractivity contribution in [3.05, 3.63) is 18.1 Å². The van der Waals surface area contributed by atoms with Gasteiger partial charge in [-0.15, -0.1) is 0 Å². The van der Waals surface area contributed by atoms with Gasteiger partial charge in [-0.05, 0) is 0 Å². The first-order valence-electron chi connectivity index (χ1n) is 3.90. The molecule has 0 aliphatic carbocycles. The minimum Gasteiger partial charge on any atom is -0.307 e. The number of nitrogen functional groups attached to an aromatic ring is 1. The van der Waals surface area contributed by atoms with Gasteiger partial charge in [0.25, 0.3) is 5.91 Å². The van der Waals surface area contributed by atoms with Crippen LogP contribution in [0.3, 0.4) is 0 Å². The van der Waals surface area contributed by atoms with Crippen LogP contribution in [0.15, 0.2) is 12.4 Å². The van der Waals surface area contributed by atoms with Gasteiger partial charge in [-0.3, -0.25) is 10.2 Å². The predicted molar refractivity (Wildman–Crippen MR) is 51.0 cm³/mol. The number of amides is 1. The van der Waals surface area contributed by atoms with E-state index in [9.17, 15) is 4.79 Å². The van der Waals surface area contributed by atoms with Crippen molar-refractivity contribution in [2.24, 2.45) is 5.84 Å². The Bertz CT molecular complexity index is 308. The molecule has 1 rings (SSSR count). The number of nitrogens with two attached hydrogens (primary N) is 1. The Morgan fingerprint density at radius 2 is 2.14 bits per heavy atom. The Labute approximate surface area is 81.3 Å². The zero-order chi connectivity index (χ0) is 10.6. The van der Waals surface area contributed by atoms with Crippen molar-refractivity contribution in [1.82, 2.24) is 20.4 Å². The Morgan fingerprint density at radius 1 is 1.43 bits per heavy atom. The highest BCUT2D eigenvalue weighted by molar-refractivity contribution is 5.91. The molecule has 0 fully saturated rings. The standard InChI is InChI=1S/C7H12N6O/c1-13(2)12-7(14)5-3-10-6(11-8)4-9-5/h3-4H,8H2,1-2H3,(H,10,11)(H,12,14). The fraction of sp³-hybridized carbons (Fsp3) is 0.286. The number of hydrogen-bond donors (Lipinski definition) is 3. The number of rotatable bonds is 3. The molecule has 0 aromatic carbocycles. The van der Waals surface area contributed by atoms with Gasteiger partial charge in [-0.1, -0.05) is 0 Å². The molecule has 1 amide bonds. The van der Waals surface area contributed by atoms with Gasteiger partial charge in [0, 0.05) is 14.1 Å². The SMILES string of the molecule is CN(C)NC(=O)c1cnc(NN)cn1. The number of hydrazine groups is 2. The number of hydrogen-bond acceptors (Lipinski definition) is 6. The molecule has 1 aromatic rings. The Balaban J connectivity index is 2.71. The maximum Gasteiger partial charge on any atom is 0.285 e. The number of nitrogens with one attached hydrogen (secondary N) is 2. The molecule has 0 aliphatic rings. The summed E-state index contributed by atoms with van der Waals surface area (Å²) in [5, 5.41) is 1.53. The van der Waals surface area contributed by atoms with Gasteiger partial charge in [0.15, 0.2) is 5.82 Å². The van der Waals surface area contributed by atoms with Crippen molar-refractivity contribution in [2.45, 2.75) is 0 Å². The smallest absolute Gasteiger partial charge is 0.285 e. The molecule has 0 aliphatic heterocycles. The molecule has 0 unspecified atom stereocenters. The van der Waals surface area contributed by atoms with Gasteiger partial charge in [0.1, 0.15) is 5.69 Å².